The van der Waals surface area contributed by atoms with E-state index in [-0.39, 0.29) is 5.12 Å². The lowest BCUT2D eigenvalue weighted by Gasteiger charge is -2.00. The molecule has 0 radical (unpaired) electrons. The van der Waals surface area contributed by atoms with Crippen LogP contribution in [0, 0.1) is 0 Å². The van der Waals surface area contributed by atoms with E-state index in [1.807, 2.05) is 0 Å². The molecule has 1 N–H and O–H groups in total. The van der Waals surface area contributed by atoms with E-state index in [9.17, 15) is 9.59 Å². The van der Waals surface area contributed by atoms with Crippen molar-refractivity contribution in [3.8, 4) is 0 Å². The van der Waals surface area contributed by atoms with Gasteiger partial charge >= 0.3 is 5.97 Å². The number of hydrogen-bond acceptors (Lipinski definition) is 3. The number of carboxylic acid groups (broad SMARTS) is 1. The highest BCUT2D eigenvalue weighted by molar-refractivity contribution is 7.96. The summed E-state index contributed by atoms with van der Waals surface area (Å²) in [7, 11) is 0. The van der Waals surface area contributed by atoms with Crippen molar-refractivity contribution in [2.75, 3.05) is 5.75 Å². The number of carbonyl (C=O) groups excluding carboxylic acids is 1. The Kier molecular flexibility index (Phi) is 28.8. The number of aliphatic carboxylic acids is 1. The van der Waals surface area contributed by atoms with Gasteiger partial charge in [0.25, 0.3) is 0 Å². The van der Waals surface area contributed by atoms with Gasteiger partial charge in [-0.15, -0.1) is 12.6 Å². The Labute approximate surface area is 185 Å². The molecule has 0 aromatic rings. The molecule has 0 amide bonds. The molecule has 0 aromatic carbocycles. The second-order valence-corrected chi connectivity index (χ2v) is 8.61. The van der Waals surface area contributed by atoms with Crippen molar-refractivity contribution in [3.63, 3.8) is 0 Å². The predicted octanol–water partition coefficient (Wildman–Crippen LogP) is 7.88. The topological polar surface area (TPSA) is 54.4 Å². The number of thiol groups is 2. The molecule has 0 saturated heterocycles. The van der Waals surface area contributed by atoms with Crippen molar-refractivity contribution in [2.45, 2.75) is 129 Å². The average Bonchev–Trinajstić information content (AvgIpc) is 2.65. The summed E-state index contributed by atoms with van der Waals surface area (Å²) < 4.78 is 0. The second kappa shape index (κ2) is 26.8. The predicted molar refractivity (Wildman–Crippen MR) is 129 cm³/mol. The monoisotopic (exact) mass is 434 g/mol. The summed E-state index contributed by atoms with van der Waals surface area (Å²) >= 11 is 7.90. The fourth-order valence-electron chi connectivity index (χ4n) is 3.04. The van der Waals surface area contributed by atoms with Gasteiger partial charge in [-0.25, -0.2) is 0 Å². The van der Waals surface area contributed by atoms with Gasteiger partial charge in [0, 0.05) is 12.8 Å². The highest BCUT2D eigenvalue weighted by Crippen LogP contribution is 2.11. The van der Waals surface area contributed by atoms with Crippen LogP contribution in [0.15, 0.2) is 0 Å². The van der Waals surface area contributed by atoms with Crippen molar-refractivity contribution >= 4 is 36.3 Å². The molecule has 168 valence electrons. The van der Waals surface area contributed by atoms with Crippen LogP contribution in [0.5, 0.6) is 0 Å². The summed E-state index contributed by atoms with van der Waals surface area (Å²) in [5, 5.41) is 8.46. The fourth-order valence-corrected chi connectivity index (χ4v) is 3.42. The van der Waals surface area contributed by atoms with Gasteiger partial charge in [0.1, 0.15) is 0 Å². The van der Waals surface area contributed by atoms with Crippen molar-refractivity contribution in [1.29, 1.82) is 0 Å². The molecular weight excluding hydrogens is 388 g/mol. The maximum Gasteiger partial charge on any atom is 0.303 e. The molecule has 5 heteroatoms. The van der Waals surface area contributed by atoms with Crippen LogP contribution in [-0.4, -0.2) is 21.9 Å². The van der Waals surface area contributed by atoms with Gasteiger partial charge in [0.15, 0.2) is 5.12 Å². The van der Waals surface area contributed by atoms with Crippen molar-refractivity contribution < 1.29 is 14.7 Å². The number of carboxylic acids is 1. The standard InChI is InChI=1S/C12H24O2S.C11H22OS/c13-12(14)10-8-6-4-2-1-3-5-7-9-11-15;1-2-3-4-5-6-7-8-9-10-11(12)13/h15H,1-11H2,(H,13,14);2-10H2,1H3,(H,12,13). The third-order valence-electron chi connectivity index (χ3n) is 4.79. The van der Waals surface area contributed by atoms with Crippen LogP contribution in [0.4, 0.5) is 0 Å². The van der Waals surface area contributed by atoms with E-state index in [2.05, 4.69) is 32.2 Å². The van der Waals surface area contributed by atoms with E-state index in [0.29, 0.717) is 12.8 Å². The van der Waals surface area contributed by atoms with Gasteiger partial charge in [0.2, 0.25) is 0 Å². The fraction of sp³-hybridized carbons (Fsp3) is 0.913. The van der Waals surface area contributed by atoms with Crippen LogP contribution < -0.4 is 0 Å². The Hall–Kier alpha value is -0.160. The molecule has 0 fully saturated rings. The van der Waals surface area contributed by atoms with E-state index < -0.39 is 5.97 Å². The molecule has 0 aliphatic carbocycles. The van der Waals surface area contributed by atoms with Gasteiger partial charge in [-0.3, -0.25) is 9.59 Å². The van der Waals surface area contributed by atoms with E-state index >= 15 is 0 Å². The summed E-state index contributed by atoms with van der Waals surface area (Å²) in [5.74, 6) is 0.344. The van der Waals surface area contributed by atoms with Crippen LogP contribution in [-0.2, 0) is 9.59 Å². The molecule has 28 heavy (non-hydrogen) atoms. The molecule has 0 spiro atoms. The molecule has 0 rings (SSSR count). The first kappa shape index (κ1) is 30.0. The summed E-state index contributed by atoms with van der Waals surface area (Å²) in [6, 6.07) is 0. The molecule has 0 heterocycles. The quantitative estimate of drug-likeness (QED) is 0.135. The first-order valence-corrected chi connectivity index (χ1v) is 12.7. The van der Waals surface area contributed by atoms with E-state index in [1.54, 1.807) is 0 Å². The Morgan fingerprint density at radius 1 is 0.607 bits per heavy atom. The second-order valence-electron chi connectivity index (χ2n) is 7.67. The molecule has 0 bridgehead atoms. The van der Waals surface area contributed by atoms with Crippen LogP contribution >= 0.6 is 25.3 Å². The first-order chi connectivity index (χ1) is 13.5. The molecule has 0 atom stereocenters. The minimum absolute atomic E-state index is 0.0333. The zero-order valence-electron chi connectivity index (χ0n) is 18.3. The van der Waals surface area contributed by atoms with Gasteiger partial charge in [-0.1, -0.05) is 96.8 Å². The van der Waals surface area contributed by atoms with Crippen molar-refractivity contribution in [3.05, 3.63) is 0 Å². The summed E-state index contributed by atoms with van der Waals surface area (Å²) in [5.41, 5.74) is 0. The van der Waals surface area contributed by atoms with Gasteiger partial charge in [-0.05, 0) is 25.0 Å². The third-order valence-corrected chi connectivity index (χ3v) is 5.33. The van der Waals surface area contributed by atoms with Crippen LogP contribution in [0.25, 0.3) is 0 Å². The molecule has 0 aliphatic heterocycles. The molecule has 0 unspecified atom stereocenters. The minimum atomic E-state index is -0.665. The molecular formula is C23H46O3S2. The van der Waals surface area contributed by atoms with Crippen LogP contribution in [0.1, 0.15) is 129 Å². The number of unbranched alkanes of at least 4 members (excludes halogenated alkanes) is 15. The lowest BCUT2D eigenvalue weighted by atomic mass is 10.1. The summed E-state index contributed by atoms with van der Waals surface area (Å²) in [6.45, 7) is 2.23. The maximum absolute atomic E-state index is 10.5. The Bertz CT molecular complexity index is 336. The number of hydrogen-bond donors (Lipinski definition) is 3. The van der Waals surface area contributed by atoms with E-state index in [0.717, 1.165) is 25.0 Å². The largest absolute Gasteiger partial charge is 0.481 e. The lowest BCUT2D eigenvalue weighted by molar-refractivity contribution is -0.137. The van der Waals surface area contributed by atoms with Crippen molar-refractivity contribution in [2.24, 2.45) is 0 Å². The highest BCUT2D eigenvalue weighted by Gasteiger charge is 1.96. The lowest BCUT2D eigenvalue weighted by Crippen LogP contribution is -1.93. The van der Waals surface area contributed by atoms with Gasteiger partial charge < -0.3 is 5.11 Å². The van der Waals surface area contributed by atoms with Crippen LogP contribution in [0.3, 0.4) is 0 Å². The molecule has 0 saturated carbocycles. The Morgan fingerprint density at radius 2 is 0.964 bits per heavy atom. The summed E-state index contributed by atoms with van der Waals surface area (Å²) in [6.07, 6.45) is 22.1. The molecule has 0 aromatic heterocycles. The average molecular weight is 435 g/mol. The van der Waals surface area contributed by atoms with Crippen LogP contribution in [0.2, 0.25) is 0 Å². The number of rotatable bonds is 20. The summed E-state index contributed by atoms with van der Waals surface area (Å²) in [4.78, 5) is 20.7. The van der Waals surface area contributed by atoms with Gasteiger partial charge in [0.05, 0.1) is 0 Å². The molecule has 3 nitrogen and oxygen atoms in total. The SMILES string of the molecule is CCCCCCCCCCC(=O)S.O=C(O)CCCCCCCCCCCS. The zero-order valence-corrected chi connectivity index (χ0v) is 20.1. The normalized spacial score (nSPS) is 10.4. The number of carbonyl (C=O) groups is 2. The smallest absolute Gasteiger partial charge is 0.303 e. The maximum atomic E-state index is 10.5. The minimum Gasteiger partial charge on any atom is -0.481 e. The Morgan fingerprint density at radius 3 is 1.32 bits per heavy atom. The molecule has 0 aliphatic rings. The highest BCUT2D eigenvalue weighted by atomic mass is 32.1. The van der Waals surface area contributed by atoms with Gasteiger partial charge in [-0.2, -0.15) is 12.6 Å². The van der Waals surface area contributed by atoms with E-state index in [4.69, 9.17) is 5.11 Å². The van der Waals surface area contributed by atoms with Crippen molar-refractivity contribution in [1.82, 2.24) is 0 Å². The van der Waals surface area contributed by atoms with E-state index in [1.165, 1.54) is 89.9 Å². The zero-order chi connectivity index (χ0) is 21.3. The Balaban J connectivity index is 0. The first-order valence-electron chi connectivity index (χ1n) is 11.6. The third kappa shape index (κ3) is 33.4.